The van der Waals surface area contributed by atoms with Crippen molar-refractivity contribution in [2.24, 2.45) is 0 Å². The quantitative estimate of drug-likeness (QED) is 0.375. The molecule has 0 radical (unpaired) electrons. The second-order valence-electron chi connectivity index (χ2n) is 8.13. The first kappa shape index (κ1) is 23.6. The van der Waals surface area contributed by atoms with Crippen LogP contribution < -0.4 is 15.6 Å². The SMILES string of the molecule is CC[C@@H](Sc1nnc2c(=O)n(-c3cccc(OC)c3)ccn12)C(=O)Nc1ccc(C(C)C)cc1. The molecule has 9 heteroatoms. The molecule has 0 spiro atoms. The van der Waals surface area contributed by atoms with Crippen LogP contribution in [-0.2, 0) is 4.79 Å². The molecule has 1 amide bonds. The Morgan fingerprint density at radius 2 is 1.88 bits per heavy atom. The van der Waals surface area contributed by atoms with Crippen LogP contribution in [0.15, 0.2) is 70.9 Å². The van der Waals surface area contributed by atoms with Crippen molar-refractivity contribution in [3.8, 4) is 11.4 Å². The minimum absolute atomic E-state index is 0.119. The second kappa shape index (κ2) is 10.1. The van der Waals surface area contributed by atoms with Gasteiger partial charge < -0.3 is 10.1 Å². The molecule has 0 unspecified atom stereocenters. The molecule has 1 atom stereocenters. The molecular formula is C25H27N5O3S. The number of thioether (sulfide) groups is 1. The average Bonchev–Trinajstić information content (AvgIpc) is 3.26. The van der Waals surface area contributed by atoms with Crippen molar-refractivity contribution in [2.75, 3.05) is 12.4 Å². The van der Waals surface area contributed by atoms with Gasteiger partial charge in [-0.25, -0.2) is 0 Å². The summed E-state index contributed by atoms with van der Waals surface area (Å²) in [5, 5.41) is 11.4. The third kappa shape index (κ3) is 4.84. The minimum Gasteiger partial charge on any atom is -0.497 e. The van der Waals surface area contributed by atoms with Crippen LogP contribution in [0.5, 0.6) is 5.75 Å². The second-order valence-corrected chi connectivity index (χ2v) is 9.30. The summed E-state index contributed by atoms with van der Waals surface area (Å²) >= 11 is 1.29. The Morgan fingerprint density at radius 3 is 2.56 bits per heavy atom. The number of fused-ring (bicyclic) bond motifs is 1. The number of anilines is 1. The lowest BCUT2D eigenvalue weighted by molar-refractivity contribution is -0.115. The maximum atomic E-state index is 13.1. The molecule has 2 aromatic carbocycles. The van der Waals surface area contributed by atoms with Gasteiger partial charge in [0.2, 0.25) is 11.6 Å². The number of ether oxygens (including phenoxy) is 1. The number of benzene rings is 2. The van der Waals surface area contributed by atoms with E-state index in [1.807, 2.05) is 49.4 Å². The van der Waals surface area contributed by atoms with E-state index in [0.29, 0.717) is 28.9 Å². The lowest BCUT2D eigenvalue weighted by atomic mass is 10.0. The highest BCUT2D eigenvalue weighted by Gasteiger charge is 2.22. The Bertz CT molecular complexity index is 1360. The van der Waals surface area contributed by atoms with E-state index in [-0.39, 0.29) is 17.1 Å². The first-order valence-electron chi connectivity index (χ1n) is 11.1. The zero-order valence-corrected chi connectivity index (χ0v) is 20.4. The van der Waals surface area contributed by atoms with Crippen molar-refractivity contribution in [3.05, 3.63) is 76.8 Å². The van der Waals surface area contributed by atoms with Gasteiger partial charge in [-0.2, -0.15) is 0 Å². The van der Waals surface area contributed by atoms with E-state index in [4.69, 9.17) is 4.74 Å². The molecule has 176 valence electrons. The lowest BCUT2D eigenvalue weighted by Crippen LogP contribution is -2.25. The van der Waals surface area contributed by atoms with E-state index in [1.54, 1.807) is 30.0 Å². The first-order chi connectivity index (χ1) is 16.4. The third-order valence-electron chi connectivity index (χ3n) is 5.53. The zero-order chi connectivity index (χ0) is 24.2. The fourth-order valence-electron chi connectivity index (χ4n) is 3.53. The maximum absolute atomic E-state index is 13.1. The van der Waals surface area contributed by atoms with Gasteiger partial charge >= 0.3 is 5.56 Å². The van der Waals surface area contributed by atoms with Gasteiger partial charge in [0.15, 0.2) is 5.16 Å². The molecule has 34 heavy (non-hydrogen) atoms. The van der Waals surface area contributed by atoms with Crippen molar-refractivity contribution >= 4 is 29.0 Å². The third-order valence-corrected chi connectivity index (χ3v) is 6.85. The number of hydrogen-bond acceptors (Lipinski definition) is 6. The monoisotopic (exact) mass is 477 g/mol. The van der Waals surface area contributed by atoms with Crippen LogP contribution >= 0.6 is 11.8 Å². The van der Waals surface area contributed by atoms with Crippen molar-refractivity contribution in [2.45, 2.75) is 43.5 Å². The van der Waals surface area contributed by atoms with E-state index < -0.39 is 5.25 Å². The normalized spacial score (nSPS) is 12.1. The predicted molar refractivity (Wildman–Crippen MR) is 134 cm³/mol. The molecule has 2 aromatic heterocycles. The van der Waals surface area contributed by atoms with E-state index in [1.165, 1.54) is 21.9 Å². The lowest BCUT2D eigenvalue weighted by Gasteiger charge is -2.14. The summed E-state index contributed by atoms with van der Waals surface area (Å²) in [4.78, 5) is 26.0. The fourth-order valence-corrected chi connectivity index (χ4v) is 4.47. The molecule has 4 rings (SSSR count). The summed E-state index contributed by atoms with van der Waals surface area (Å²) < 4.78 is 8.37. The number of methoxy groups -OCH3 is 1. The molecule has 0 saturated carbocycles. The number of rotatable bonds is 8. The Morgan fingerprint density at radius 1 is 1.12 bits per heavy atom. The van der Waals surface area contributed by atoms with Crippen LogP contribution in [-0.4, -0.2) is 37.4 Å². The maximum Gasteiger partial charge on any atom is 0.300 e. The van der Waals surface area contributed by atoms with Crippen molar-refractivity contribution in [1.82, 2.24) is 19.2 Å². The summed E-state index contributed by atoms with van der Waals surface area (Å²) in [7, 11) is 1.58. The number of carbonyl (C=O) groups is 1. The van der Waals surface area contributed by atoms with Gasteiger partial charge in [0.25, 0.3) is 0 Å². The van der Waals surface area contributed by atoms with Gasteiger partial charge in [-0.05, 0) is 42.2 Å². The highest BCUT2D eigenvalue weighted by Crippen LogP contribution is 2.26. The smallest absolute Gasteiger partial charge is 0.300 e. The average molecular weight is 478 g/mol. The molecule has 0 saturated heterocycles. The molecule has 0 aliphatic carbocycles. The molecule has 8 nitrogen and oxygen atoms in total. The Balaban J connectivity index is 1.55. The first-order valence-corrected chi connectivity index (χ1v) is 12.0. The summed E-state index contributed by atoms with van der Waals surface area (Å²) in [6, 6.07) is 15.1. The predicted octanol–water partition coefficient (Wildman–Crippen LogP) is 4.52. The molecule has 2 heterocycles. The van der Waals surface area contributed by atoms with E-state index in [0.717, 1.165) is 5.69 Å². The molecule has 1 N–H and O–H groups in total. The molecule has 4 aromatic rings. The van der Waals surface area contributed by atoms with Crippen LogP contribution in [0, 0.1) is 0 Å². The zero-order valence-electron chi connectivity index (χ0n) is 19.6. The topological polar surface area (TPSA) is 90.5 Å². The molecule has 0 bridgehead atoms. The molecule has 0 aliphatic heterocycles. The summed E-state index contributed by atoms with van der Waals surface area (Å²) in [6.07, 6.45) is 3.99. The van der Waals surface area contributed by atoms with Gasteiger partial charge in [0.05, 0.1) is 18.0 Å². The van der Waals surface area contributed by atoms with E-state index in [2.05, 4.69) is 29.4 Å². The standard InChI is InChI=1S/C25H27N5O3S/c1-5-21(23(31)26-18-11-9-17(10-12-18)16(2)3)34-25-28-27-22-24(32)29(13-14-30(22)25)19-7-6-8-20(15-19)33-4/h6-16,21H,5H2,1-4H3,(H,26,31)/t21-/m1/s1. The highest BCUT2D eigenvalue weighted by molar-refractivity contribution is 8.00. The molecule has 0 aliphatic rings. The largest absolute Gasteiger partial charge is 0.497 e. The summed E-state index contributed by atoms with van der Waals surface area (Å²) in [5.41, 5.74) is 2.51. The van der Waals surface area contributed by atoms with Gasteiger partial charge in [0, 0.05) is 24.1 Å². The number of nitrogens with one attached hydrogen (secondary N) is 1. The van der Waals surface area contributed by atoms with Crippen LogP contribution in [0.1, 0.15) is 38.7 Å². The number of nitrogens with zero attached hydrogens (tertiary/aromatic N) is 4. The highest BCUT2D eigenvalue weighted by atomic mass is 32.2. The van der Waals surface area contributed by atoms with Crippen molar-refractivity contribution in [1.29, 1.82) is 0 Å². The van der Waals surface area contributed by atoms with Crippen LogP contribution in [0.2, 0.25) is 0 Å². The van der Waals surface area contributed by atoms with Crippen LogP contribution in [0.3, 0.4) is 0 Å². The van der Waals surface area contributed by atoms with Crippen LogP contribution in [0.4, 0.5) is 5.69 Å². The van der Waals surface area contributed by atoms with E-state index >= 15 is 0 Å². The van der Waals surface area contributed by atoms with Gasteiger partial charge in [-0.1, -0.05) is 50.7 Å². The number of amides is 1. The number of aromatic nitrogens is 4. The van der Waals surface area contributed by atoms with Gasteiger partial charge in [-0.15, -0.1) is 10.2 Å². The van der Waals surface area contributed by atoms with Crippen LogP contribution in [0.25, 0.3) is 11.3 Å². The summed E-state index contributed by atoms with van der Waals surface area (Å²) in [5.74, 6) is 0.960. The number of hydrogen-bond donors (Lipinski definition) is 1. The van der Waals surface area contributed by atoms with E-state index in [9.17, 15) is 9.59 Å². The van der Waals surface area contributed by atoms with Gasteiger partial charge in [0.1, 0.15) is 5.75 Å². The summed E-state index contributed by atoms with van der Waals surface area (Å²) in [6.45, 7) is 6.20. The molecular weight excluding hydrogens is 450 g/mol. The Kier molecular flexibility index (Phi) is 7.02. The van der Waals surface area contributed by atoms with Crippen molar-refractivity contribution < 1.29 is 9.53 Å². The van der Waals surface area contributed by atoms with Gasteiger partial charge in [-0.3, -0.25) is 18.6 Å². The fraction of sp³-hybridized carbons (Fsp3) is 0.280. The van der Waals surface area contributed by atoms with Crippen molar-refractivity contribution in [3.63, 3.8) is 0 Å². The number of carbonyl (C=O) groups excluding carboxylic acids is 1. The molecule has 0 fully saturated rings. The minimum atomic E-state index is -0.391. The Hall–Kier alpha value is -3.59. The Labute approximate surface area is 202 Å².